The van der Waals surface area contributed by atoms with Gasteiger partial charge in [0.2, 0.25) is 0 Å². The van der Waals surface area contributed by atoms with Crippen molar-refractivity contribution in [3.63, 3.8) is 0 Å². The number of rotatable bonds is 1. The van der Waals surface area contributed by atoms with Gasteiger partial charge < -0.3 is 10.2 Å². The molecule has 2 fully saturated rings. The summed E-state index contributed by atoms with van der Waals surface area (Å²) in [6.45, 7) is 3.48. The highest BCUT2D eigenvalue weighted by atomic mass is 32.1. The van der Waals surface area contributed by atoms with Gasteiger partial charge in [-0.2, -0.15) is 0 Å². The van der Waals surface area contributed by atoms with Gasteiger partial charge in [-0.05, 0) is 30.9 Å². The van der Waals surface area contributed by atoms with Crippen molar-refractivity contribution in [2.24, 2.45) is 5.92 Å². The van der Waals surface area contributed by atoms with E-state index in [1.165, 1.54) is 35.8 Å². The zero-order chi connectivity index (χ0) is 11.9. The molecule has 0 spiro atoms. The molecular weight excluding hydrogens is 242 g/mol. The van der Waals surface area contributed by atoms with Crippen molar-refractivity contribution in [2.45, 2.75) is 18.9 Å². The number of fused-ring (bicyclic) bond motifs is 2. The fraction of sp³-hybridized carbons (Fsp3) is 0.500. The van der Waals surface area contributed by atoms with Gasteiger partial charge in [-0.25, -0.2) is 4.98 Å². The largest absolute Gasteiger partial charge is 0.343 e. The van der Waals surface area contributed by atoms with Gasteiger partial charge in [0.15, 0.2) is 5.13 Å². The number of para-hydroxylation sites is 1. The van der Waals surface area contributed by atoms with Crippen molar-refractivity contribution in [2.75, 3.05) is 24.5 Å². The van der Waals surface area contributed by atoms with E-state index in [9.17, 15) is 0 Å². The third-order valence-corrected chi connectivity index (χ3v) is 5.28. The number of thiazole rings is 1. The smallest absolute Gasteiger partial charge is 0.186 e. The minimum absolute atomic E-state index is 0.666. The van der Waals surface area contributed by atoms with E-state index in [1.54, 1.807) is 0 Å². The molecule has 4 heteroatoms. The number of hydrogen-bond donors (Lipinski definition) is 1. The predicted octanol–water partition coefficient (Wildman–Crippen LogP) is 2.48. The molecule has 2 aliphatic heterocycles. The first-order valence-corrected chi connectivity index (χ1v) is 7.56. The Morgan fingerprint density at radius 3 is 3.17 bits per heavy atom. The number of piperidine rings is 1. The van der Waals surface area contributed by atoms with Gasteiger partial charge in [0, 0.05) is 25.7 Å². The van der Waals surface area contributed by atoms with Crippen LogP contribution in [0.1, 0.15) is 12.8 Å². The highest BCUT2D eigenvalue weighted by Gasteiger charge is 2.36. The van der Waals surface area contributed by atoms with E-state index >= 15 is 0 Å². The molecule has 2 aromatic rings. The fourth-order valence-electron chi connectivity index (χ4n) is 3.29. The second kappa shape index (κ2) is 4.21. The maximum absolute atomic E-state index is 4.81. The van der Waals surface area contributed by atoms with Gasteiger partial charge in [0.05, 0.1) is 10.2 Å². The van der Waals surface area contributed by atoms with Gasteiger partial charge in [-0.15, -0.1) is 0 Å². The Balaban J connectivity index is 1.72. The zero-order valence-corrected chi connectivity index (χ0v) is 11.1. The van der Waals surface area contributed by atoms with Crippen LogP contribution in [-0.4, -0.2) is 30.7 Å². The number of aromatic nitrogens is 1. The second-order valence-corrected chi connectivity index (χ2v) is 6.29. The average molecular weight is 259 g/mol. The maximum Gasteiger partial charge on any atom is 0.186 e. The van der Waals surface area contributed by atoms with E-state index in [0.717, 1.165) is 18.0 Å². The summed E-state index contributed by atoms with van der Waals surface area (Å²) < 4.78 is 1.31. The molecule has 1 N–H and O–H groups in total. The Hall–Kier alpha value is -1.13. The van der Waals surface area contributed by atoms with Crippen LogP contribution in [0.15, 0.2) is 24.3 Å². The monoisotopic (exact) mass is 259 g/mol. The minimum atomic E-state index is 0.666. The zero-order valence-electron chi connectivity index (χ0n) is 10.3. The summed E-state index contributed by atoms with van der Waals surface area (Å²) in [5.74, 6) is 0.825. The van der Waals surface area contributed by atoms with Crippen LogP contribution < -0.4 is 10.2 Å². The highest BCUT2D eigenvalue weighted by Crippen LogP contribution is 2.35. The molecule has 18 heavy (non-hydrogen) atoms. The quantitative estimate of drug-likeness (QED) is 0.853. The van der Waals surface area contributed by atoms with E-state index in [1.807, 2.05) is 11.3 Å². The molecule has 2 unspecified atom stereocenters. The summed E-state index contributed by atoms with van der Waals surface area (Å²) in [6, 6.07) is 9.12. The molecule has 1 aromatic carbocycles. The first-order valence-electron chi connectivity index (χ1n) is 6.75. The van der Waals surface area contributed by atoms with Crippen molar-refractivity contribution < 1.29 is 0 Å². The number of hydrogen-bond acceptors (Lipinski definition) is 4. The SMILES string of the molecule is c1ccc2sc(N3CCCC4CNCC43)nc2c1. The summed E-state index contributed by atoms with van der Waals surface area (Å²) in [4.78, 5) is 7.35. The Morgan fingerprint density at radius 2 is 2.22 bits per heavy atom. The van der Waals surface area contributed by atoms with Crippen molar-refractivity contribution >= 4 is 26.7 Å². The Bertz CT molecular complexity index is 532. The van der Waals surface area contributed by atoms with Crippen LogP contribution in [0.4, 0.5) is 5.13 Å². The first-order chi connectivity index (χ1) is 8.92. The van der Waals surface area contributed by atoms with Gasteiger partial charge in [0.1, 0.15) is 0 Å². The Kier molecular flexibility index (Phi) is 2.52. The summed E-state index contributed by atoms with van der Waals surface area (Å²) in [5, 5.41) is 4.75. The first kappa shape index (κ1) is 10.8. The van der Waals surface area contributed by atoms with Gasteiger partial charge in [-0.3, -0.25) is 0 Å². The fourth-order valence-corrected chi connectivity index (χ4v) is 4.34. The molecule has 0 aliphatic carbocycles. The van der Waals surface area contributed by atoms with Crippen LogP contribution in [0, 0.1) is 5.92 Å². The predicted molar refractivity (Wildman–Crippen MR) is 76.3 cm³/mol. The average Bonchev–Trinajstić information content (AvgIpc) is 3.04. The Morgan fingerprint density at radius 1 is 1.28 bits per heavy atom. The number of nitrogens with zero attached hydrogens (tertiary/aromatic N) is 2. The topological polar surface area (TPSA) is 28.2 Å². The van der Waals surface area contributed by atoms with E-state index in [-0.39, 0.29) is 0 Å². The molecule has 4 rings (SSSR count). The molecule has 0 bridgehead atoms. The van der Waals surface area contributed by atoms with Crippen molar-refractivity contribution in [1.29, 1.82) is 0 Å². The van der Waals surface area contributed by atoms with E-state index in [0.29, 0.717) is 6.04 Å². The summed E-state index contributed by atoms with van der Waals surface area (Å²) in [6.07, 6.45) is 2.68. The molecule has 3 nitrogen and oxygen atoms in total. The standard InChI is InChI=1S/C14H17N3S/c1-2-6-13-11(5-1)16-14(18-13)17-7-3-4-10-8-15-9-12(10)17/h1-2,5-6,10,12,15H,3-4,7-9H2. The van der Waals surface area contributed by atoms with Crippen LogP contribution in [0.3, 0.4) is 0 Å². The highest BCUT2D eigenvalue weighted by molar-refractivity contribution is 7.22. The van der Waals surface area contributed by atoms with E-state index in [4.69, 9.17) is 4.98 Å². The molecule has 2 saturated heterocycles. The summed E-state index contributed by atoms with van der Waals surface area (Å²) >= 11 is 1.84. The lowest BCUT2D eigenvalue weighted by molar-refractivity contribution is 0.385. The molecule has 2 atom stereocenters. The summed E-state index contributed by atoms with van der Waals surface area (Å²) in [5.41, 5.74) is 1.14. The molecule has 94 valence electrons. The van der Waals surface area contributed by atoms with Gasteiger partial charge in [-0.1, -0.05) is 23.5 Å². The number of benzene rings is 1. The van der Waals surface area contributed by atoms with Crippen LogP contribution in [0.25, 0.3) is 10.2 Å². The third kappa shape index (κ3) is 1.63. The van der Waals surface area contributed by atoms with Gasteiger partial charge in [0.25, 0.3) is 0 Å². The van der Waals surface area contributed by atoms with Crippen molar-refractivity contribution in [1.82, 2.24) is 10.3 Å². The van der Waals surface area contributed by atoms with Crippen LogP contribution in [0.2, 0.25) is 0 Å². The second-order valence-electron chi connectivity index (χ2n) is 5.29. The molecular formula is C14H17N3S. The Labute approximate surface area is 111 Å². The van der Waals surface area contributed by atoms with Crippen LogP contribution in [0.5, 0.6) is 0 Å². The van der Waals surface area contributed by atoms with Gasteiger partial charge >= 0.3 is 0 Å². The lowest BCUT2D eigenvalue weighted by Gasteiger charge is -2.36. The molecule has 3 heterocycles. The number of anilines is 1. The molecule has 0 radical (unpaired) electrons. The van der Waals surface area contributed by atoms with Crippen molar-refractivity contribution in [3.05, 3.63) is 24.3 Å². The van der Waals surface area contributed by atoms with E-state index < -0.39 is 0 Å². The maximum atomic E-state index is 4.81. The lowest BCUT2D eigenvalue weighted by atomic mass is 9.92. The lowest BCUT2D eigenvalue weighted by Crippen LogP contribution is -2.45. The molecule has 2 aliphatic rings. The van der Waals surface area contributed by atoms with E-state index in [2.05, 4.69) is 34.5 Å². The van der Waals surface area contributed by atoms with Crippen molar-refractivity contribution in [3.8, 4) is 0 Å². The van der Waals surface area contributed by atoms with Crippen LogP contribution in [-0.2, 0) is 0 Å². The third-order valence-electron chi connectivity index (χ3n) is 4.21. The molecule has 1 aromatic heterocycles. The normalized spacial score (nSPS) is 27.7. The summed E-state index contributed by atoms with van der Waals surface area (Å²) in [7, 11) is 0. The molecule has 0 amide bonds. The number of nitrogens with one attached hydrogen (secondary N) is 1. The minimum Gasteiger partial charge on any atom is -0.343 e. The molecule has 0 saturated carbocycles. The van der Waals surface area contributed by atoms with Crippen LogP contribution >= 0.6 is 11.3 Å².